The zero-order valence-electron chi connectivity index (χ0n) is 17.7. The van der Waals surface area contributed by atoms with Crippen LogP contribution in [0.3, 0.4) is 0 Å². The quantitative estimate of drug-likeness (QED) is 0.576. The highest BCUT2D eigenvalue weighted by Gasteiger charge is 2.65. The predicted molar refractivity (Wildman–Crippen MR) is 125 cm³/mol. The van der Waals surface area contributed by atoms with Crippen molar-refractivity contribution in [3.05, 3.63) is 101 Å². The van der Waals surface area contributed by atoms with Gasteiger partial charge in [-0.25, -0.2) is 4.39 Å². The Balaban J connectivity index is 1.80. The van der Waals surface area contributed by atoms with E-state index in [1.165, 1.54) is 12.1 Å². The third kappa shape index (κ3) is 3.11. The molecule has 1 aromatic heterocycles. The Morgan fingerprint density at radius 2 is 1.82 bits per heavy atom. The van der Waals surface area contributed by atoms with Gasteiger partial charge in [-0.2, -0.15) is 5.26 Å². The van der Waals surface area contributed by atoms with Gasteiger partial charge in [-0.05, 0) is 60.2 Å². The molecule has 1 amide bonds. The van der Waals surface area contributed by atoms with Gasteiger partial charge in [0.05, 0.1) is 12.1 Å². The van der Waals surface area contributed by atoms with Gasteiger partial charge < -0.3 is 10.6 Å². The van der Waals surface area contributed by atoms with Crippen molar-refractivity contribution in [2.45, 2.75) is 18.0 Å². The number of halogens is 2. The molecule has 34 heavy (non-hydrogen) atoms. The van der Waals surface area contributed by atoms with Gasteiger partial charge in [-0.3, -0.25) is 14.6 Å². The number of nitrogens with two attached hydrogens (primary N) is 1. The van der Waals surface area contributed by atoms with Gasteiger partial charge in [0, 0.05) is 40.1 Å². The van der Waals surface area contributed by atoms with Crippen molar-refractivity contribution in [1.82, 2.24) is 4.98 Å². The number of carbonyl (C=O) groups excluding carboxylic acids is 2. The van der Waals surface area contributed by atoms with E-state index in [2.05, 4.69) is 11.1 Å². The van der Waals surface area contributed by atoms with Gasteiger partial charge in [0.15, 0.2) is 11.2 Å². The fourth-order valence-electron chi connectivity index (χ4n) is 5.19. The molecule has 5 rings (SSSR count). The summed E-state index contributed by atoms with van der Waals surface area (Å²) in [6.07, 6.45) is 6.39. The van der Waals surface area contributed by atoms with Gasteiger partial charge in [-0.15, -0.1) is 0 Å². The minimum Gasteiger partial charge on any atom is -0.368 e. The first-order valence-corrected chi connectivity index (χ1v) is 10.9. The van der Waals surface area contributed by atoms with Crippen LogP contribution in [0.1, 0.15) is 27.4 Å². The van der Waals surface area contributed by atoms with Crippen molar-refractivity contribution in [2.75, 3.05) is 4.90 Å². The first kappa shape index (κ1) is 21.8. The average Bonchev–Trinajstić information content (AvgIpc) is 3.16. The average molecular weight is 473 g/mol. The molecule has 3 heterocycles. The summed E-state index contributed by atoms with van der Waals surface area (Å²) < 4.78 is 14.0. The number of hydrogen-bond donors (Lipinski definition) is 1. The lowest BCUT2D eigenvalue weighted by molar-refractivity contribution is -0.125. The summed E-state index contributed by atoms with van der Waals surface area (Å²) in [7, 11) is 0. The minimum absolute atomic E-state index is 0.313. The van der Waals surface area contributed by atoms with Gasteiger partial charge >= 0.3 is 0 Å². The maximum atomic E-state index is 14.0. The molecule has 2 aliphatic rings. The van der Waals surface area contributed by atoms with Crippen LogP contribution >= 0.6 is 11.6 Å². The van der Waals surface area contributed by atoms with E-state index in [1.807, 2.05) is 0 Å². The van der Waals surface area contributed by atoms with Gasteiger partial charge in [0.25, 0.3) is 0 Å². The van der Waals surface area contributed by atoms with Crippen LogP contribution in [0.2, 0.25) is 5.02 Å². The SMILES string of the molecule is N#C[C@@]1(C(N)=O)[C@H](c2ccncc2)[C@H](C(=O)c2ccc(Cl)cc2)N2c3ccc(F)cc3C=C[C@@H]21. The number of nitrogens with zero attached hydrogens (tertiary/aromatic N) is 3. The molecule has 0 spiro atoms. The zero-order valence-corrected chi connectivity index (χ0v) is 18.5. The van der Waals surface area contributed by atoms with E-state index in [0.29, 0.717) is 27.4 Å². The van der Waals surface area contributed by atoms with Gasteiger partial charge in [-0.1, -0.05) is 23.8 Å². The van der Waals surface area contributed by atoms with E-state index >= 15 is 0 Å². The summed E-state index contributed by atoms with van der Waals surface area (Å²) in [5.74, 6) is -2.50. The van der Waals surface area contributed by atoms with Crippen LogP contribution in [-0.4, -0.2) is 28.8 Å². The number of anilines is 1. The highest BCUT2D eigenvalue weighted by molar-refractivity contribution is 6.30. The molecular weight excluding hydrogens is 455 g/mol. The van der Waals surface area contributed by atoms with E-state index < -0.39 is 35.1 Å². The van der Waals surface area contributed by atoms with Crippen molar-refractivity contribution in [2.24, 2.45) is 11.1 Å². The Morgan fingerprint density at radius 3 is 2.47 bits per heavy atom. The summed E-state index contributed by atoms with van der Waals surface area (Å²) in [5.41, 5.74) is 6.17. The van der Waals surface area contributed by atoms with Crippen molar-refractivity contribution < 1.29 is 14.0 Å². The molecule has 8 heteroatoms. The Bertz CT molecular complexity index is 1370. The van der Waals surface area contributed by atoms with Crippen LogP contribution in [0.25, 0.3) is 6.08 Å². The number of primary amides is 1. The second-order valence-corrected chi connectivity index (χ2v) is 8.77. The maximum Gasteiger partial charge on any atom is 0.241 e. The number of rotatable bonds is 4. The molecule has 0 bridgehead atoms. The molecular formula is C26H18ClFN4O2. The largest absolute Gasteiger partial charge is 0.368 e. The molecule has 0 radical (unpaired) electrons. The summed E-state index contributed by atoms with van der Waals surface area (Å²) in [5, 5.41) is 10.9. The fourth-order valence-corrected chi connectivity index (χ4v) is 5.31. The third-order valence-corrected chi connectivity index (χ3v) is 6.91. The van der Waals surface area contributed by atoms with Crippen LogP contribution in [0.4, 0.5) is 10.1 Å². The maximum absolute atomic E-state index is 14.0. The predicted octanol–water partition coefficient (Wildman–Crippen LogP) is 4.12. The first-order valence-electron chi connectivity index (χ1n) is 10.6. The minimum atomic E-state index is -1.77. The molecule has 0 saturated carbocycles. The lowest BCUT2D eigenvalue weighted by Crippen LogP contribution is -2.49. The molecule has 2 N–H and O–H groups in total. The van der Waals surface area contributed by atoms with E-state index in [1.54, 1.807) is 71.9 Å². The number of Topliss-reactive ketones (excluding diaryl/α,β-unsaturated/α-hetero) is 1. The molecule has 2 aromatic carbocycles. The molecule has 0 unspecified atom stereocenters. The van der Waals surface area contributed by atoms with Crippen LogP contribution in [0.15, 0.2) is 73.1 Å². The van der Waals surface area contributed by atoms with Crippen molar-refractivity contribution >= 4 is 35.1 Å². The van der Waals surface area contributed by atoms with Gasteiger partial charge in [0.2, 0.25) is 5.91 Å². The zero-order chi connectivity index (χ0) is 24.0. The van der Waals surface area contributed by atoms with E-state index in [4.69, 9.17) is 17.3 Å². The number of carbonyl (C=O) groups is 2. The second-order valence-electron chi connectivity index (χ2n) is 8.33. The van der Waals surface area contributed by atoms with Crippen molar-refractivity contribution in [1.29, 1.82) is 5.26 Å². The lowest BCUT2D eigenvalue weighted by atomic mass is 9.67. The first-order chi connectivity index (χ1) is 16.4. The molecule has 1 saturated heterocycles. The van der Waals surface area contributed by atoms with Crippen LogP contribution in [0, 0.1) is 22.6 Å². The number of hydrogen-bond acceptors (Lipinski definition) is 5. The van der Waals surface area contributed by atoms with E-state index in [-0.39, 0.29) is 5.78 Å². The fraction of sp³-hybridized carbons (Fsp3) is 0.154. The number of pyridine rings is 1. The highest BCUT2D eigenvalue weighted by atomic mass is 35.5. The molecule has 2 aliphatic heterocycles. The molecule has 6 nitrogen and oxygen atoms in total. The van der Waals surface area contributed by atoms with E-state index in [9.17, 15) is 19.2 Å². The summed E-state index contributed by atoms with van der Waals surface area (Å²) in [4.78, 5) is 32.9. The number of nitriles is 1. The topological polar surface area (TPSA) is 100 Å². The van der Waals surface area contributed by atoms with Crippen molar-refractivity contribution in [3.63, 3.8) is 0 Å². The van der Waals surface area contributed by atoms with E-state index in [0.717, 1.165) is 0 Å². The van der Waals surface area contributed by atoms with Crippen LogP contribution in [0.5, 0.6) is 0 Å². The molecule has 0 aliphatic carbocycles. The summed E-state index contributed by atoms with van der Waals surface area (Å²) >= 11 is 6.02. The molecule has 4 atom stereocenters. The number of ketones is 1. The molecule has 1 fully saturated rings. The smallest absolute Gasteiger partial charge is 0.241 e. The highest BCUT2D eigenvalue weighted by Crippen LogP contribution is 2.55. The second kappa shape index (κ2) is 8.08. The van der Waals surface area contributed by atoms with Crippen molar-refractivity contribution in [3.8, 4) is 6.07 Å². The summed E-state index contributed by atoms with van der Waals surface area (Å²) in [6.45, 7) is 0. The monoisotopic (exact) mass is 472 g/mol. The Hall–Kier alpha value is -4.02. The van der Waals surface area contributed by atoms with Crippen LogP contribution in [-0.2, 0) is 4.79 Å². The Morgan fingerprint density at radius 1 is 1.12 bits per heavy atom. The van der Waals surface area contributed by atoms with Crippen LogP contribution < -0.4 is 10.6 Å². The Labute approximate surface area is 200 Å². The number of fused-ring (bicyclic) bond motifs is 3. The molecule has 3 aromatic rings. The molecule has 168 valence electrons. The normalized spacial score (nSPS) is 24.7. The third-order valence-electron chi connectivity index (χ3n) is 6.65. The number of amides is 1. The standard InChI is InChI=1S/C26H18ClFN4O2/c27-18-4-1-16(2-5-18)24(33)23-22(15-9-11-31-12-10-15)26(14-29,25(30)34)21-8-3-17-13-19(28)6-7-20(17)32(21)23/h1-13,21-23H,(H2,30,34)/t21-,22-,23-,26+/m1/s1. The summed E-state index contributed by atoms with van der Waals surface area (Å²) in [6, 6.07) is 14.3. The Kier molecular flexibility index (Phi) is 5.18. The van der Waals surface area contributed by atoms with Gasteiger partial charge in [0.1, 0.15) is 11.9 Å². The number of aromatic nitrogens is 1. The lowest BCUT2D eigenvalue weighted by Gasteiger charge is -2.36. The number of benzene rings is 2.